The second kappa shape index (κ2) is 7.81. The van der Waals surface area contributed by atoms with E-state index in [9.17, 15) is 9.18 Å². The molecule has 2 aromatic rings. The molecule has 27 heavy (non-hydrogen) atoms. The lowest BCUT2D eigenvalue weighted by Gasteiger charge is -2.32. The molecule has 3 heterocycles. The third kappa shape index (κ3) is 3.60. The van der Waals surface area contributed by atoms with Gasteiger partial charge < -0.3 is 4.90 Å². The number of piperidine rings is 1. The number of nitrogens with zero attached hydrogens (tertiary/aromatic N) is 3. The van der Waals surface area contributed by atoms with E-state index >= 15 is 0 Å². The van der Waals surface area contributed by atoms with Crippen molar-refractivity contribution in [1.29, 1.82) is 0 Å². The molecule has 0 radical (unpaired) electrons. The van der Waals surface area contributed by atoms with E-state index in [1.54, 1.807) is 18.0 Å². The first-order valence-electron chi connectivity index (χ1n) is 9.16. The minimum Gasteiger partial charge on any atom is -0.337 e. The molecule has 1 aromatic carbocycles. The van der Waals surface area contributed by atoms with Crippen LogP contribution in [0.2, 0.25) is 5.02 Å². The van der Waals surface area contributed by atoms with E-state index in [1.165, 1.54) is 6.07 Å². The number of rotatable bonds is 3. The maximum atomic E-state index is 13.7. The minimum atomic E-state index is -0.380. The number of likely N-dealkylation sites (tertiary alicyclic amines) is 1. The second-order valence-electron chi connectivity index (χ2n) is 7.03. The van der Waals surface area contributed by atoms with E-state index in [-0.39, 0.29) is 22.7 Å². The number of nitrogens with one attached hydrogen (secondary N) is 1. The molecular formula is C19H22ClFN4OS. The van der Waals surface area contributed by atoms with Crippen molar-refractivity contribution in [3.8, 4) is 0 Å². The SMILES string of the molecule is CSN1CCc2[nH]nc(C(=O)N3CCC(c4cccc(F)c4Cl)CC3)c2C1. The Morgan fingerprint density at radius 1 is 1.33 bits per heavy atom. The number of hydrogen-bond acceptors (Lipinski definition) is 4. The number of benzene rings is 1. The average molecular weight is 409 g/mol. The summed E-state index contributed by atoms with van der Waals surface area (Å²) >= 11 is 7.83. The number of fused-ring (bicyclic) bond motifs is 1. The molecule has 0 spiro atoms. The van der Waals surface area contributed by atoms with E-state index in [0.717, 1.165) is 49.2 Å². The first kappa shape index (κ1) is 18.8. The summed E-state index contributed by atoms with van der Waals surface area (Å²) in [4.78, 5) is 14.9. The van der Waals surface area contributed by atoms with E-state index in [1.807, 2.05) is 11.0 Å². The Kier molecular flexibility index (Phi) is 5.43. The topological polar surface area (TPSA) is 52.2 Å². The highest BCUT2D eigenvalue weighted by atomic mass is 35.5. The molecule has 1 saturated heterocycles. The van der Waals surface area contributed by atoms with Crippen LogP contribution in [0.15, 0.2) is 18.2 Å². The number of hydrogen-bond donors (Lipinski definition) is 1. The highest BCUT2D eigenvalue weighted by Gasteiger charge is 2.31. The van der Waals surface area contributed by atoms with Gasteiger partial charge in [0, 0.05) is 43.9 Å². The van der Waals surface area contributed by atoms with Crippen LogP contribution >= 0.6 is 23.5 Å². The molecule has 1 amide bonds. The van der Waals surface area contributed by atoms with Crippen LogP contribution in [0, 0.1) is 5.82 Å². The Balaban J connectivity index is 1.45. The third-order valence-electron chi connectivity index (χ3n) is 5.56. The summed E-state index contributed by atoms with van der Waals surface area (Å²) in [6.07, 6.45) is 4.49. The van der Waals surface area contributed by atoms with Crippen LogP contribution in [0.3, 0.4) is 0 Å². The van der Waals surface area contributed by atoms with Crippen LogP contribution in [0.5, 0.6) is 0 Å². The van der Waals surface area contributed by atoms with Crippen molar-refractivity contribution in [2.75, 3.05) is 25.9 Å². The molecule has 5 nitrogen and oxygen atoms in total. The Hall–Kier alpha value is -1.57. The lowest BCUT2D eigenvalue weighted by atomic mass is 9.89. The first-order valence-corrected chi connectivity index (χ1v) is 10.7. The standard InChI is InChI=1S/C19H22ClFN4OS/c1-27-25-10-7-16-14(11-25)18(23-22-16)19(26)24-8-5-12(6-9-24)13-3-2-4-15(21)17(13)20/h2-4,12H,5-11H2,1H3,(H,22,23). The molecule has 8 heteroatoms. The Labute approximate surface area is 167 Å². The minimum absolute atomic E-state index is 0.0146. The number of H-pyrrole nitrogens is 1. The predicted octanol–water partition coefficient (Wildman–Crippen LogP) is 3.86. The van der Waals surface area contributed by atoms with Crippen molar-refractivity contribution in [1.82, 2.24) is 19.4 Å². The van der Waals surface area contributed by atoms with Crippen LogP contribution in [-0.4, -0.2) is 51.2 Å². The Morgan fingerprint density at radius 2 is 2.11 bits per heavy atom. The number of amides is 1. The summed E-state index contributed by atoms with van der Waals surface area (Å²) < 4.78 is 16.0. The quantitative estimate of drug-likeness (QED) is 0.783. The molecule has 4 rings (SSSR count). The number of aromatic nitrogens is 2. The predicted molar refractivity (Wildman–Crippen MR) is 106 cm³/mol. The number of carbonyl (C=O) groups is 1. The maximum Gasteiger partial charge on any atom is 0.274 e. The fourth-order valence-corrected chi connectivity index (χ4v) is 4.79. The fourth-order valence-electron chi connectivity index (χ4n) is 3.98. The Morgan fingerprint density at radius 3 is 2.85 bits per heavy atom. The van der Waals surface area contributed by atoms with Crippen molar-refractivity contribution in [3.63, 3.8) is 0 Å². The van der Waals surface area contributed by atoms with Gasteiger partial charge in [-0.05, 0) is 36.6 Å². The van der Waals surface area contributed by atoms with Crippen LogP contribution in [0.25, 0.3) is 0 Å². The van der Waals surface area contributed by atoms with Gasteiger partial charge in [0.2, 0.25) is 0 Å². The van der Waals surface area contributed by atoms with Crippen molar-refractivity contribution in [2.24, 2.45) is 0 Å². The van der Waals surface area contributed by atoms with E-state index in [4.69, 9.17) is 11.6 Å². The summed E-state index contributed by atoms with van der Waals surface area (Å²) in [5.41, 5.74) is 3.49. The van der Waals surface area contributed by atoms with E-state index in [0.29, 0.717) is 18.8 Å². The zero-order valence-corrected chi connectivity index (χ0v) is 16.7. The van der Waals surface area contributed by atoms with Crippen LogP contribution in [0.1, 0.15) is 46.1 Å². The summed E-state index contributed by atoms with van der Waals surface area (Å²) in [6, 6.07) is 4.96. The van der Waals surface area contributed by atoms with Gasteiger partial charge >= 0.3 is 0 Å². The van der Waals surface area contributed by atoms with E-state index in [2.05, 4.69) is 20.8 Å². The van der Waals surface area contributed by atoms with Crippen LogP contribution in [-0.2, 0) is 13.0 Å². The zero-order chi connectivity index (χ0) is 19.0. The van der Waals surface area contributed by atoms with Gasteiger partial charge in [-0.3, -0.25) is 9.89 Å². The van der Waals surface area contributed by atoms with Crippen molar-refractivity contribution < 1.29 is 9.18 Å². The van der Waals surface area contributed by atoms with Gasteiger partial charge in [0.05, 0.1) is 5.02 Å². The average Bonchev–Trinajstić information content (AvgIpc) is 3.12. The fraction of sp³-hybridized carbons (Fsp3) is 0.474. The summed E-state index contributed by atoms with van der Waals surface area (Å²) in [6.45, 7) is 2.96. The number of halogens is 2. The number of carbonyl (C=O) groups excluding carboxylic acids is 1. The third-order valence-corrected chi connectivity index (χ3v) is 6.79. The molecule has 0 aliphatic carbocycles. The van der Waals surface area contributed by atoms with Crippen LogP contribution in [0.4, 0.5) is 4.39 Å². The molecule has 0 unspecified atom stereocenters. The van der Waals surface area contributed by atoms with Gasteiger partial charge in [-0.25, -0.2) is 8.70 Å². The molecule has 144 valence electrons. The summed E-state index contributed by atoms with van der Waals surface area (Å²) in [7, 11) is 0. The molecule has 1 aromatic heterocycles. The van der Waals surface area contributed by atoms with Gasteiger partial charge in [-0.15, -0.1) is 0 Å². The van der Waals surface area contributed by atoms with Crippen molar-refractivity contribution >= 4 is 29.5 Å². The zero-order valence-electron chi connectivity index (χ0n) is 15.2. The molecule has 0 bridgehead atoms. The molecular weight excluding hydrogens is 387 g/mol. The smallest absolute Gasteiger partial charge is 0.274 e. The normalized spacial score (nSPS) is 18.6. The van der Waals surface area contributed by atoms with Crippen molar-refractivity contribution in [2.45, 2.75) is 31.7 Å². The van der Waals surface area contributed by atoms with Gasteiger partial charge in [0.1, 0.15) is 5.82 Å². The summed E-state index contributed by atoms with van der Waals surface area (Å²) in [5, 5.41) is 7.58. The molecule has 1 fully saturated rings. The van der Waals surface area contributed by atoms with Crippen LogP contribution < -0.4 is 0 Å². The molecule has 2 aliphatic heterocycles. The monoisotopic (exact) mass is 408 g/mol. The van der Waals surface area contributed by atoms with E-state index < -0.39 is 0 Å². The second-order valence-corrected chi connectivity index (χ2v) is 8.29. The molecule has 0 saturated carbocycles. The van der Waals surface area contributed by atoms with Crippen molar-refractivity contribution in [3.05, 3.63) is 51.6 Å². The lowest BCUT2D eigenvalue weighted by Crippen LogP contribution is -2.39. The maximum absolute atomic E-state index is 13.7. The van der Waals surface area contributed by atoms with Gasteiger partial charge in [-0.2, -0.15) is 5.10 Å². The van der Waals surface area contributed by atoms with Gasteiger partial charge in [-0.1, -0.05) is 35.7 Å². The number of aromatic amines is 1. The molecule has 2 aliphatic rings. The first-order chi connectivity index (χ1) is 13.1. The lowest BCUT2D eigenvalue weighted by molar-refractivity contribution is 0.0705. The molecule has 1 N–H and O–H groups in total. The summed E-state index contributed by atoms with van der Waals surface area (Å²) in [5.74, 6) is -0.217. The van der Waals surface area contributed by atoms with Gasteiger partial charge in [0.25, 0.3) is 5.91 Å². The van der Waals surface area contributed by atoms with Gasteiger partial charge in [0.15, 0.2) is 5.69 Å². The highest BCUT2D eigenvalue weighted by Crippen LogP contribution is 2.34. The highest BCUT2D eigenvalue weighted by molar-refractivity contribution is 7.96. The Bertz CT molecular complexity index is 850. The largest absolute Gasteiger partial charge is 0.337 e. The molecule has 0 atom stereocenters.